The average molecular weight is 769 g/mol. The van der Waals surface area contributed by atoms with Crippen LogP contribution in [0.2, 0.25) is 0 Å². The minimum atomic E-state index is -0.837. The fourth-order valence-electron chi connectivity index (χ4n) is 7.22. The summed E-state index contributed by atoms with van der Waals surface area (Å²) < 4.78 is 44.6. The van der Waals surface area contributed by atoms with Gasteiger partial charge in [-0.1, -0.05) is 37.0 Å². The normalized spacial score (nSPS) is 27.0. The van der Waals surface area contributed by atoms with Gasteiger partial charge in [-0.15, -0.1) is 0 Å². The third kappa shape index (κ3) is 21.8. The van der Waals surface area contributed by atoms with E-state index in [0.29, 0.717) is 121 Å². The average Bonchev–Trinajstić information content (AvgIpc) is 3.21. The van der Waals surface area contributed by atoms with Crippen molar-refractivity contribution < 1.29 is 58.3 Å². The van der Waals surface area contributed by atoms with Gasteiger partial charge >= 0.3 is 0 Å². The van der Waals surface area contributed by atoms with Gasteiger partial charge in [0.2, 0.25) is 0 Å². The SMILES string of the molecule is CCC1CC(C#CC2CCC(OCCOCCOCCOCC(O)CO)CC2)CCC1C#CC1CCC(OCCOCCOCCOCC(O)CO)CC1. The van der Waals surface area contributed by atoms with Gasteiger partial charge in [0.15, 0.2) is 0 Å². The lowest BCUT2D eigenvalue weighted by molar-refractivity contribution is -0.0368. The van der Waals surface area contributed by atoms with Gasteiger partial charge in [0.05, 0.1) is 118 Å². The summed E-state index contributed by atoms with van der Waals surface area (Å²) in [6.07, 6.45) is 12.3. The maximum Gasteiger partial charge on any atom is 0.100 e. The Kier molecular flexibility index (Phi) is 26.8. The van der Waals surface area contributed by atoms with Crippen LogP contribution in [0, 0.1) is 53.3 Å². The highest BCUT2D eigenvalue weighted by molar-refractivity contribution is 5.14. The molecule has 5 atom stereocenters. The lowest BCUT2D eigenvalue weighted by Gasteiger charge is -2.31. The van der Waals surface area contributed by atoms with E-state index in [1.54, 1.807) is 0 Å². The van der Waals surface area contributed by atoms with E-state index in [1.807, 2.05) is 0 Å². The van der Waals surface area contributed by atoms with Crippen LogP contribution in [0.1, 0.15) is 84.0 Å². The van der Waals surface area contributed by atoms with Gasteiger partial charge in [-0.2, -0.15) is 0 Å². The van der Waals surface area contributed by atoms with Crippen molar-refractivity contribution in [3.63, 3.8) is 0 Å². The summed E-state index contributed by atoms with van der Waals surface area (Å²) in [6, 6.07) is 0. The molecule has 0 aromatic rings. The molecule has 312 valence electrons. The van der Waals surface area contributed by atoms with Gasteiger partial charge in [-0.05, 0) is 76.5 Å². The first-order chi connectivity index (χ1) is 26.5. The molecule has 0 bridgehead atoms. The molecule has 0 radical (unpaired) electrons. The monoisotopic (exact) mass is 769 g/mol. The summed E-state index contributed by atoms with van der Waals surface area (Å²) in [6.45, 7) is 7.84. The van der Waals surface area contributed by atoms with Crippen LogP contribution in [-0.4, -0.2) is 151 Å². The molecule has 4 N–H and O–H groups in total. The second kappa shape index (κ2) is 30.7. The van der Waals surface area contributed by atoms with Crippen molar-refractivity contribution in [3.05, 3.63) is 0 Å². The zero-order valence-corrected chi connectivity index (χ0v) is 33.0. The first-order valence-corrected chi connectivity index (χ1v) is 20.8. The Morgan fingerprint density at radius 1 is 0.463 bits per heavy atom. The number of ether oxygens (including phenoxy) is 8. The lowest BCUT2D eigenvalue weighted by Crippen LogP contribution is -2.25. The number of rotatable bonds is 27. The molecule has 0 aliphatic heterocycles. The molecular formula is C42H72O12. The highest BCUT2D eigenvalue weighted by Crippen LogP contribution is 2.36. The predicted molar refractivity (Wildman–Crippen MR) is 205 cm³/mol. The minimum Gasteiger partial charge on any atom is -0.394 e. The maximum atomic E-state index is 9.21. The number of aliphatic hydroxyl groups is 4. The first-order valence-electron chi connectivity index (χ1n) is 20.8. The second-order valence-corrected chi connectivity index (χ2v) is 14.8. The van der Waals surface area contributed by atoms with Crippen LogP contribution in [0.3, 0.4) is 0 Å². The molecule has 12 heteroatoms. The summed E-state index contributed by atoms with van der Waals surface area (Å²) in [5.74, 6) is 17.4. The third-order valence-electron chi connectivity index (χ3n) is 10.5. The fourth-order valence-corrected chi connectivity index (χ4v) is 7.22. The van der Waals surface area contributed by atoms with Crippen LogP contribution in [-0.2, 0) is 37.9 Å². The van der Waals surface area contributed by atoms with Gasteiger partial charge in [0, 0.05) is 23.7 Å². The van der Waals surface area contributed by atoms with Crippen molar-refractivity contribution in [3.8, 4) is 23.7 Å². The van der Waals surface area contributed by atoms with Crippen molar-refractivity contribution in [1.82, 2.24) is 0 Å². The predicted octanol–water partition coefficient (Wildman–Crippen LogP) is 3.39. The highest BCUT2D eigenvalue weighted by atomic mass is 16.6. The van der Waals surface area contributed by atoms with Gasteiger partial charge in [-0.3, -0.25) is 0 Å². The number of hydrogen-bond donors (Lipinski definition) is 4. The molecule has 3 aliphatic carbocycles. The molecule has 12 nitrogen and oxygen atoms in total. The lowest BCUT2D eigenvalue weighted by atomic mass is 9.73. The molecule has 0 aromatic heterocycles. The summed E-state index contributed by atoms with van der Waals surface area (Å²) >= 11 is 0. The molecule has 0 spiro atoms. The Hall–Kier alpha value is -1.36. The molecule has 3 aliphatic rings. The van der Waals surface area contributed by atoms with Crippen LogP contribution in [0.5, 0.6) is 0 Å². The van der Waals surface area contributed by atoms with E-state index in [2.05, 4.69) is 30.6 Å². The molecular weight excluding hydrogens is 696 g/mol. The third-order valence-corrected chi connectivity index (χ3v) is 10.5. The van der Waals surface area contributed by atoms with E-state index >= 15 is 0 Å². The van der Waals surface area contributed by atoms with E-state index < -0.39 is 12.2 Å². The summed E-state index contributed by atoms with van der Waals surface area (Å²) in [5, 5.41) is 35.9. The van der Waals surface area contributed by atoms with E-state index in [4.69, 9.17) is 48.1 Å². The van der Waals surface area contributed by atoms with Crippen LogP contribution in [0.25, 0.3) is 0 Å². The van der Waals surface area contributed by atoms with Gasteiger partial charge in [-0.25, -0.2) is 0 Å². The molecule has 3 fully saturated rings. The smallest absolute Gasteiger partial charge is 0.100 e. The fraction of sp³-hybridized carbons (Fsp3) is 0.905. The van der Waals surface area contributed by atoms with E-state index in [1.165, 1.54) is 12.8 Å². The Morgan fingerprint density at radius 3 is 1.26 bits per heavy atom. The maximum absolute atomic E-state index is 9.21. The second-order valence-electron chi connectivity index (χ2n) is 14.8. The molecule has 0 aromatic carbocycles. The largest absolute Gasteiger partial charge is 0.394 e. The molecule has 0 saturated heterocycles. The minimum absolute atomic E-state index is 0.111. The van der Waals surface area contributed by atoms with E-state index in [0.717, 1.165) is 64.2 Å². The number of aliphatic hydroxyl groups excluding tert-OH is 4. The van der Waals surface area contributed by atoms with Gasteiger partial charge in [0.25, 0.3) is 0 Å². The zero-order valence-electron chi connectivity index (χ0n) is 33.0. The van der Waals surface area contributed by atoms with Gasteiger partial charge < -0.3 is 58.3 Å². The van der Waals surface area contributed by atoms with Crippen LogP contribution in [0.15, 0.2) is 0 Å². The zero-order chi connectivity index (χ0) is 38.5. The summed E-state index contributed by atoms with van der Waals surface area (Å²) in [5.41, 5.74) is 0. The van der Waals surface area contributed by atoms with Gasteiger partial charge in [0.1, 0.15) is 12.2 Å². The van der Waals surface area contributed by atoms with Crippen LogP contribution in [0.4, 0.5) is 0 Å². The first kappa shape index (κ1) is 47.0. The van der Waals surface area contributed by atoms with Crippen LogP contribution < -0.4 is 0 Å². The van der Waals surface area contributed by atoms with E-state index in [-0.39, 0.29) is 26.4 Å². The Labute approximate surface area is 325 Å². The molecule has 3 rings (SSSR count). The van der Waals surface area contributed by atoms with E-state index in [9.17, 15) is 10.2 Å². The Morgan fingerprint density at radius 2 is 0.833 bits per heavy atom. The number of hydrogen-bond acceptors (Lipinski definition) is 12. The van der Waals surface area contributed by atoms with Crippen LogP contribution >= 0.6 is 0 Å². The topological polar surface area (TPSA) is 155 Å². The highest BCUT2D eigenvalue weighted by Gasteiger charge is 2.28. The van der Waals surface area contributed by atoms with Crippen molar-refractivity contribution in [2.45, 2.75) is 108 Å². The quantitative estimate of drug-likeness (QED) is 0.0716. The van der Waals surface area contributed by atoms with Crippen molar-refractivity contribution in [2.24, 2.45) is 29.6 Å². The van der Waals surface area contributed by atoms with Crippen molar-refractivity contribution >= 4 is 0 Å². The Balaban J connectivity index is 1.16. The Bertz CT molecular complexity index is 1020. The standard InChI is InChI=1S/C42H72O12/c1-2-37-29-36(4-3-34-7-13-41(14-8-34)53-27-25-49-19-17-47-21-23-51-32-39(45)30-43)6-12-38(37)11-5-35-9-15-42(16-10-35)54-28-26-50-20-18-48-22-24-52-33-40(46)31-44/h34-46H,2,6-10,12-33H2,1H3. The molecule has 54 heavy (non-hydrogen) atoms. The summed E-state index contributed by atoms with van der Waals surface area (Å²) in [4.78, 5) is 0. The molecule has 0 amide bonds. The van der Waals surface area contributed by atoms with Crippen molar-refractivity contribution in [2.75, 3.05) is 106 Å². The molecule has 5 unspecified atom stereocenters. The molecule has 3 saturated carbocycles. The summed E-state index contributed by atoms with van der Waals surface area (Å²) in [7, 11) is 0. The van der Waals surface area contributed by atoms with Crippen molar-refractivity contribution in [1.29, 1.82) is 0 Å². The molecule has 0 heterocycles.